The molecule has 0 aromatic carbocycles. The van der Waals surface area contributed by atoms with Gasteiger partial charge in [-0.3, -0.25) is 0 Å². The minimum atomic E-state index is -2.53. The van der Waals surface area contributed by atoms with Gasteiger partial charge in [-0.2, -0.15) is 0 Å². The fraction of sp³-hybridized carbons (Fsp3) is 0.895. The number of hydrogen-bond acceptors (Lipinski definition) is 7. The molecule has 3 radical (unpaired) electrons. The molecule has 0 spiro atoms. The molecule has 0 aromatic heterocycles. The zero-order chi connectivity index (χ0) is 22.1. The van der Waals surface area contributed by atoms with Crippen LogP contribution in [-0.4, -0.2) is 92.4 Å². The first kappa shape index (κ1) is 29.0. The average molecular weight is 464 g/mol. The molecule has 1 N–H and O–H groups in total. The highest BCUT2D eigenvalue weighted by Gasteiger charge is 2.39. The third-order valence-corrected chi connectivity index (χ3v) is 10.8. The van der Waals surface area contributed by atoms with Gasteiger partial charge in [-0.1, -0.05) is 5.20 Å². The lowest BCUT2D eigenvalue weighted by Gasteiger charge is -2.29. The average Bonchev–Trinajstić information content (AvgIpc) is 2.71. The summed E-state index contributed by atoms with van der Waals surface area (Å²) in [5, 5.41) is 6.18. The van der Waals surface area contributed by atoms with Gasteiger partial charge < -0.3 is 32.3 Å². The molecule has 0 saturated carbocycles. The zero-order valence-electron chi connectivity index (χ0n) is 19.9. The van der Waals surface area contributed by atoms with Gasteiger partial charge in [0, 0.05) is 53.2 Å². The molecule has 0 aliphatic rings. The highest BCUT2D eigenvalue weighted by molar-refractivity contribution is 6.60. The first-order valence-electron chi connectivity index (χ1n) is 10.8. The lowest BCUT2D eigenvalue weighted by molar-refractivity contribution is 0.0708. The standard InChI is InChI=1S/C19H43N2O5Si3/c1-9-21(10-2)19(28(22-7)23-8)18(6)27-17-20-15-14-16-29(24-11-3,25-12-4)26-13-5/h20H,9-17H2,1-8H3. The van der Waals surface area contributed by atoms with Gasteiger partial charge in [-0.25, -0.2) is 0 Å². The molecule has 171 valence electrons. The van der Waals surface area contributed by atoms with Crippen LogP contribution in [0.3, 0.4) is 0 Å². The Kier molecular flexibility index (Phi) is 17.6. The van der Waals surface area contributed by atoms with Gasteiger partial charge in [-0.15, -0.1) is 0 Å². The van der Waals surface area contributed by atoms with Crippen molar-refractivity contribution in [3.63, 3.8) is 0 Å². The van der Waals surface area contributed by atoms with Crippen molar-refractivity contribution in [2.45, 2.75) is 54.0 Å². The van der Waals surface area contributed by atoms with Gasteiger partial charge in [0.25, 0.3) is 0 Å². The Labute approximate surface area is 184 Å². The summed E-state index contributed by atoms with van der Waals surface area (Å²) in [5.41, 5.74) is 0. The maximum atomic E-state index is 5.92. The van der Waals surface area contributed by atoms with Gasteiger partial charge in [0.05, 0.1) is 14.8 Å². The first-order valence-corrected chi connectivity index (χ1v) is 15.2. The van der Waals surface area contributed by atoms with Crippen molar-refractivity contribution >= 4 is 27.6 Å². The van der Waals surface area contributed by atoms with Crippen LogP contribution in [0.4, 0.5) is 0 Å². The van der Waals surface area contributed by atoms with Gasteiger partial charge >= 0.3 is 18.1 Å². The van der Waals surface area contributed by atoms with E-state index in [1.54, 1.807) is 14.2 Å². The highest BCUT2D eigenvalue weighted by atomic mass is 28.4. The van der Waals surface area contributed by atoms with E-state index in [1.807, 2.05) is 20.8 Å². The Hall–Kier alpha value is -0.0494. The Morgan fingerprint density at radius 1 is 0.931 bits per heavy atom. The van der Waals surface area contributed by atoms with Crippen molar-refractivity contribution in [1.82, 2.24) is 10.2 Å². The lowest BCUT2D eigenvalue weighted by atomic mass is 10.5. The summed E-state index contributed by atoms with van der Waals surface area (Å²) in [6, 6.07) is 0.846. The van der Waals surface area contributed by atoms with Crippen molar-refractivity contribution in [3.05, 3.63) is 10.5 Å². The van der Waals surface area contributed by atoms with Crippen LogP contribution in [0, 0.1) is 0 Å². The van der Waals surface area contributed by atoms with E-state index in [1.165, 1.54) is 10.5 Å². The minimum Gasteiger partial charge on any atom is -0.392 e. The van der Waals surface area contributed by atoms with Gasteiger partial charge in [0.2, 0.25) is 0 Å². The summed E-state index contributed by atoms with van der Waals surface area (Å²) in [6.07, 6.45) is 1.93. The number of rotatable bonds is 19. The molecule has 29 heavy (non-hydrogen) atoms. The summed E-state index contributed by atoms with van der Waals surface area (Å²) in [4.78, 5) is 2.36. The molecule has 10 heteroatoms. The first-order chi connectivity index (χ1) is 14.0. The van der Waals surface area contributed by atoms with Crippen LogP contribution in [-0.2, 0) is 22.1 Å². The summed E-state index contributed by atoms with van der Waals surface area (Å²) in [7, 11) is 0.212. The van der Waals surface area contributed by atoms with Crippen LogP contribution in [0.5, 0.6) is 0 Å². The monoisotopic (exact) mass is 463 g/mol. The van der Waals surface area contributed by atoms with Crippen LogP contribution < -0.4 is 5.32 Å². The number of nitrogens with zero attached hydrogens (tertiary/aromatic N) is 1. The maximum Gasteiger partial charge on any atom is 0.500 e. The third-order valence-electron chi connectivity index (χ3n) is 4.41. The fourth-order valence-electron chi connectivity index (χ4n) is 3.13. The van der Waals surface area contributed by atoms with Crippen molar-refractivity contribution < 1.29 is 22.1 Å². The quantitative estimate of drug-likeness (QED) is 0.233. The van der Waals surface area contributed by atoms with Gasteiger partial charge in [-0.05, 0) is 60.7 Å². The summed E-state index contributed by atoms with van der Waals surface area (Å²) in [6.45, 7) is 17.3. The molecule has 0 saturated heterocycles. The third kappa shape index (κ3) is 10.7. The molecule has 0 rings (SSSR count). The minimum absolute atomic E-state index is 0.627. The smallest absolute Gasteiger partial charge is 0.392 e. The molecule has 7 nitrogen and oxygen atoms in total. The van der Waals surface area contributed by atoms with E-state index in [0.717, 1.165) is 38.3 Å². The predicted molar refractivity (Wildman–Crippen MR) is 124 cm³/mol. The van der Waals surface area contributed by atoms with Crippen molar-refractivity contribution in [1.29, 1.82) is 0 Å². The fourth-order valence-corrected chi connectivity index (χ4v) is 8.64. The van der Waals surface area contributed by atoms with Crippen LogP contribution in [0.15, 0.2) is 10.5 Å². The zero-order valence-corrected chi connectivity index (χ0v) is 22.9. The van der Waals surface area contributed by atoms with E-state index >= 15 is 0 Å². The van der Waals surface area contributed by atoms with E-state index in [9.17, 15) is 0 Å². The number of allylic oxidation sites excluding steroid dienone is 1. The van der Waals surface area contributed by atoms with Crippen molar-refractivity contribution in [3.8, 4) is 0 Å². The Balaban J connectivity index is 4.69. The van der Waals surface area contributed by atoms with E-state index < -0.39 is 18.1 Å². The normalized spacial score (nSPS) is 13.1. The van der Waals surface area contributed by atoms with Gasteiger partial charge in [0.1, 0.15) is 0 Å². The van der Waals surface area contributed by atoms with Gasteiger partial charge in [0.15, 0.2) is 0 Å². The molecular formula is C19H43N2O5Si3. The molecule has 0 unspecified atom stereocenters. The summed E-state index contributed by atoms with van der Waals surface area (Å²) < 4.78 is 29.1. The highest BCUT2D eigenvalue weighted by Crippen LogP contribution is 2.18. The molecule has 0 heterocycles. The number of nitrogens with one attached hydrogen (secondary N) is 1. The molecule has 0 bridgehead atoms. The summed E-state index contributed by atoms with van der Waals surface area (Å²) >= 11 is 0. The topological polar surface area (TPSA) is 61.4 Å². The van der Waals surface area contributed by atoms with Crippen molar-refractivity contribution in [2.75, 3.05) is 59.8 Å². The number of hydrogen-bond donors (Lipinski definition) is 1. The van der Waals surface area contributed by atoms with Crippen LogP contribution in [0.2, 0.25) is 6.04 Å². The SMILES string of the molecule is CCO[Si](CCCNC[Si]C(C)=C(N(CC)CC)[Si](OC)OC)(OCC)OCC. The Morgan fingerprint density at radius 3 is 1.86 bits per heavy atom. The van der Waals surface area contributed by atoms with Crippen LogP contribution >= 0.6 is 0 Å². The van der Waals surface area contributed by atoms with E-state index in [4.69, 9.17) is 22.1 Å². The second kappa shape index (κ2) is 17.6. The van der Waals surface area contributed by atoms with E-state index in [-0.39, 0.29) is 0 Å². The molecular weight excluding hydrogens is 420 g/mol. The van der Waals surface area contributed by atoms with Crippen LogP contribution in [0.25, 0.3) is 0 Å². The molecule has 0 aromatic rings. The predicted octanol–water partition coefficient (Wildman–Crippen LogP) is 2.57. The Morgan fingerprint density at radius 2 is 1.45 bits per heavy atom. The van der Waals surface area contributed by atoms with E-state index in [0.29, 0.717) is 29.3 Å². The molecule has 0 aliphatic carbocycles. The Bertz CT molecular complexity index is 405. The second-order valence-electron chi connectivity index (χ2n) is 6.28. The molecule has 0 aliphatic heterocycles. The second-order valence-corrected chi connectivity index (χ2v) is 12.3. The van der Waals surface area contributed by atoms with Crippen molar-refractivity contribution in [2.24, 2.45) is 0 Å². The summed E-state index contributed by atoms with van der Waals surface area (Å²) in [5.74, 6) is 0. The van der Waals surface area contributed by atoms with Crippen LogP contribution in [0.1, 0.15) is 48.0 Å². The largest absolute Gasteiger partial charge is 0.500 e. The molecule has 0 amide bonds. The molecule has 0 atom stereocenters. The van der Waals surface area contributed by atoms with E-state index in [2.05, 4.69) is 31.0 Å². The maximum absolute atomic E-state index is 5.92. The molecule has 0 fully saturated rings. The lowest BCUT2D eigenvalue weighted by Crippen LogP contribution is -2.46.